The largest absolute Gasteiger partial charge is 0.465 e. The van der Waals surface area contributed by atoms with E-state index in [4.69, 9.17) is 10.5 Å². The average molecular weight is 264 g/mol. The van der Waals surface area contributed by atoms with Gasteiger partial charge < -0.3 is 15.2 Å². The molecule has 0 aliphatic heterocycles. The molecule has 2 rings (SSSR count). The zero-order valence-electron chi connectivity index (χ0n) is 11.2. The first-order chi connectivity index (χ1) is 9.19. The van der Waals surface area contributed by atoms with E-state index in [1.807, 2.05) is 0 Å². The normalized spacial score (nSPS) is 23.1. The number of ether oxygens (including phenoxy) is 2. The van der Waals surface area contributed by atoms with Crippen molar-refractivity contribution in [2.75, 3.05) is 7.11 Å². The molecule has 0 saturated heterocycles. The highest BCUT2D eigenvalue weighted by Crippen LogP contribution is 2.20. The molecule has 0 aromatic carbocycles. The Bertz CT molecular complexity index is 411. The number of aromatic nitrogens is 1. The molecule has 1 heterocycles. The zero-order chi connectivity index (χ0) is 13.7. The van der Waals surface area contributed by atoms with E-state index in [1.165, 1.54) is 13.3 Å². The van der Waals surface area contributed by atoms with Crippen LogP contribution in [0.15, 0.2) is 18.3 Å². The molecule has 0 radical (unpaired) electrons. The molecule has 0 bridgehead atoms. The summed E-state index contributed by atoms with van der Waals surface area (Å²) in [6.07, 6.45) is 5.88. The molecule has 1 aliphatic carbocycles. The fraction of sp³-hybridized carbons (Fsp3) is 0.571. The van der Waals surface area contributed by atoms with Gasteiger partial charge in [-0.2, -0.15) is 0 Å². The summed E-state index contributed by atoms with van der Waals surface area (Å²) in [5, 5.41) is 0. The van der Waals surface area contributed by atoms with Crippen molar-refractivity contribution in [3.63, 3.8) is 0 Å². The molecule has 1 aromatic heterocycles. The van der Waals surface area contributed by atoms with Crippen LogP contribution in [0.25, 0.3) is 0 Å². The number of carbonyl (C=O) groups is 1. The molecular formula is C14H20N2O3. The second-order valence-corrected chi connectivity index (χ2v) is 4.88. The number of carbonyl (C=O) groups excluding carboxylic acids is 1. The molecule has 0 amide bonds. The quantitative estimate of drug-likeness (QED) is 0.837. The Hall–Kier alpha value is -1.46. The van der Waals surface area contributed by atoms with Gasteiger partial charge in [-0.05, 0) is 37.8 Å². The van der Waals surface area contributed by atoms with Crippen LogP contribution in [0.3, 0.4) is 0 Å². The Labute approximate surface area is 113 Å². The van der Waals surface area contributed by atoms with Crippen molar-refractivity contribution in [3.05, 3.63) is 29.6 Å². The fourth-order valence-corrected chi connectivity index (χ4v) is 2.21. The van der Waals surface area contributed by atoms with Crippen LogP contribution < -0.4 is 5.73 Å². The number of nitrogens with two attached hydrogens (primary N) is 1. The molecule has 1 saturated carbocycles. The second-order valence-electron chi connectivity index (χ2n) is 4.88. The maximum Gasteiger partial charge on any atom is 0.339 e. The van der Waals surface area contributed by atoms with Crippen LogP contribution in [0.4, 0.5) is 0 Å². The van der Waals surface area contributed by atoms with Crippen LogP contribution >= 0.6 is 0 Å². The van der Waals surface area contributed by atoms with Gasteiger partial charge in [0.15, 0.2) is 0 Å². The molecule has 5 heteroatoms. The van der Waals surface area contributed by atoms with Gasteiger partial charge >= 0.3 is 5.97 Å². The highest BCUT2D eigenvalue weighted by molar-refractivity contribution is 5.88. The zero-order valence-corrected chi connectivity index (χ0v) is 11.2. The fourth-order valence-electron chi connectivity index (χ4n) is 2.21. The summed E-state index contributed by atoms with van der Waals surface area (Å²) in [5.41, 5.74) is 7.13. The maximum atomic E-state index is 11.3. The summed E-state index contributed by atoms with van der Waals surface area (Å²) in [6.45, 7) is 0.474. The van der Waals surface area contributed by atoms with E-state index in [0.29, 0.717) is 18.2 Å². The third-order valence-corrected chi connectivity index (χ3v) is 3.43. The molecule has 19 heavy (non-hydrogen) atoms. The number of nitrogens with zero attached hydrogens (tertiary/aromatic N) is 1. The lowest BCUT2D eigenvalue weighted by Crippen LogP contribution is -2.30. The Balaban J connectivity index is 1.81. The number of rotatable bonds is 4. The van der Waals surface area contributed by atoms with Gasteiger partial charge in [0.05, 0.1) is 31.1 Å². The van der Waals surface area contributed by atoms with E-state index >= 15 is 0 Å². The number of hydrogen-bond donors (Lipinski definition) is 1. The van der Waals surface area contributed by atoms with Crippen molar-refractivity contribution in [1.82, 2.24) is 4.98 Å². The van der Waals surface area contributed by atoms with Crippen LogP contribution in [0.5, 0.6) is 0 Å². The van der Waals surface area contributed by atoms with Crippen LogP contribution in [0, 0.1) is 0 Å². The lowest BCUT2D eigenvalue weighted by Gasteiger charge is -2.26. The van der Waals surface area contributed by atoms with Gasteiger partial charge in [-0.3, -0.25) is 4.98 Å². The van der Waals surface area contributed by atoms with Crippen LogP contribution in [0.1, 0.15) is 41.7 Å². The molecule has 2 N–H and O–H groups in total. The highest BCUT2D eigenvalue weighted by atomic mass is 16.5. The minimum atomic E-state index is -0.374. The van der Waals surface area contributed by atoms with E-state index in [1.54, 1.807) is 12.1 Å². The monoisotopic (exact) mass is 264 g/mol. The van der Waals surface area contributed by atoms with Crippen molar-refractivity contribution < 1.29 is 14.3 Å². The van der Waals surface area contributed by atoms with Gasteiger partial charge in [0.25, 0.3) is 0 Å². The molecule has 5 nitrogen and oxygen atoms in total. The smallest absolute Gasteiger partial charge is 0.339 e. The Morgan fingerprint density at radius 3 is 2.68 bits per heavy atom. The number of hydrogen-bond acceptors (Lipinski definition) is 5. The van der Waals surface area contributed by atoms with Crippen molar-refractivity contribution in [1.29, 1.82) is 0 Å². The first kappa shape index (κ1) is 14.0. The third kappa shape index (κ3) is 4.01. The van der Waals surface area contributed by atoms with Crippen molar-refractivity contribution in [3.8, 4) is 0 Å². The third-order valence-electron chi connectivity index (χ3n) is 3.43. The summed E-state index contributed by atoms with van der Waals surface area (Å²) in [6, 6.07) is 3.83. The predicted octanol–water partition coefficient (Wildman–Crippen LogP) is 1.65. The Morgan fingerprint density at radius 2 is 2.11 bits per heavy atom. The molecule has 0 unspecified atom stereocenters. The minimum Gasteiger partial charge on any atom is -0.465 e. The molecule has 0 atom stereocenters. The van der Waals surface area contributed by atoms with Crippen LogP contribution in [-0.2, 0) is 16.1 Å². The summed E-state index contributed by atoms with van der Waals surface area (Å²) in [5.74, 6) is -0.374. The first-order valence-electron chi connectivity index (χ1n) is 6.59. The average Bonchev–Trinajstić information content (AvgIpc) is 2.46. The van der Waals surface area contributed by atoms with Gasteiger partial charge in [-0.15, -0.1) is 0 Å². The van der Waals surface area contributed by atoms with E-state index in [9.17, 15) is 4.79 Å². The van der Waals surface area contributed by atoms with E-state index in [-0.39, 0.29) is 12.1 Å². The highest BCUT2D eigenvalue weighted by Gasteiger charge is 2.19. The molecule has 1 aliphatic rings. The topological polar surface area (TPSA) is 74.4 Å². The number of pyridine rings is 1. The molecule has 104 valence electrons. The van der Waals surface area contributed by atoms with Gasteiger partial charge in [-0.25, -0.2) is 4.79 Å². The van der Waals surface area contributed by atoms with Crippen molar-refractivity contribution >= 4 is 5.97 Å². The van der Waals surface area contributed by atoms with Gasteiger partial charge in [0.1, 0.15) is 0 Å². The standard InChI is InChI=1S/C14H20N2O3/c1-18-14(17)10-2-5-12(16-8-10)9-19-13-6-3-11(15)4-7-13/h2,5,8,11,13H,3-4,6-7,9,15H2,1H3. The molecular weight excluding hydrogens is 244 g/mol. The van der Waals surface area contributed by atoms with Crippen molar-refractivity contribution in [2.45, 2.75) is 44.4 Å². The summed E-state index contributed by atoms with van der Waals surface area (Å²) in [4.78, 5) is 15.5. The van der Waals surface area contributed by atoms with Crippen LogP contribution in [-0.4, -0.2) is 30.2 Å². The molecule has 1 aromatic rings. The summed E-state index contributed by atoms with van der Waals surface area (Å²) < 4.78 is 10.4. The SMILES string of the molecule is COC(=O)c1ccc(COC2CCC(N)CC2)nc1. The Kier molecular flexibility index (Phi) is 4.87. The number of methoxy groups -OCH3 is 1. The lowest BCUT2D eigenvalue weighted by atomic mass is 9.94. The minimum absolute atomic E-state index is 0.280. The van der Waals surface area contributed by atoms with Gasteiger partial charge in [-0.1, -0.05) is 0 Å². The lowest BCUT2D eigenvalue weighted by molar-refractivity contribution is 0.0122. The van der Waals surface area contributed by atoms with Gasteiger partial charge in [0.2, 0.25) is 0 Å². The second kappa shape index (κ2) is 6.63. The van der Waals surface area contributed by atoms with Gasteiger partial charge in [0, 0.05) is 12.2 Å². The summed E-state index contributed by atoms with van der Waals surface area (Å²) in [7, 11) is 1.35. The van der Waals surface area contributed by atoms with E-state index in [2.05, 4.69) is 9.72 Å². The predicted molar refractivity (Wildman–Crippen MR) is 70.6 cm³/mol. The van der Waals surface area contributed by atoms with Crippen molar-refractivity contribution in [2.24, 2.45) is 5.73 Å². The number of esters is 1. The first-order valence-corrected chi connectivity index (χ1v) is 6.59. The Morgan fingerprint density at radius 1 is 1.37 bits per heavy atom. The van der Waals surface area contributed by atoms with Crippen LogP contribution in [0.2, 0.25) is 0 Å². The van der Waals surface area contributed by atoms with E-state index in [0.717, 1.165) is 31.4 Å². The molecule has 0 spiro atoms. The van der Waals surface area contributed by atoms with E-state index < -0.39 is 0 Å². The molecule has 1 fully saturated rings. The maximum absolute atomic E-state index is 11.3. The summed E-state index contributed by atoms with van der Waals surface area (Å²) >= 11 is 0.